The van der Waals surface area contributed by atoms with Crippen molar-refractivity contribution in [3.05, 3.63) is 169 Å². The van der Waals surface area contributed by atoms with Gasteiger partial charge in [-0.3, -0.25) is 0 Å². The molecule has 47 heavy (non-hydrogen) atoms. The molecule has 0 fully saturated rings. The Morgan fingerprint density at radius 3 is 1.91 bits per heavy atom. The van der Waals surface area contributed by atoms with Crippen molar-refractivity contribution in [1.82, 2.24) is 9.13 Å². The summed E-state index contributed by atoms with van der Waals surface area (Å²) in [5.41, 5.74) is 15.2. The van der Waals surface area contributed by atoms with Crippen LogP contribution in [0.5, 0.6) is 0 Å². The van der Waals surface area contributed by atoms with Crippen molar-refractivity contribution in [3.8, 4) is 33.6 Å². The summed E-state index contributed by atoms with van der Waals surface area (Å²) in [7, 11) is 0. The van der Waals surface area contributed by atoms with E-state index in [-0.39, 0.29) is 5.41 Å². The lowest BCUT2D eigenvalue weighted by atomic mass is 9.81. The minimum atomic E-state index is -0.0206. The van der Waals surface area contributed by atoms with E-state index in [1.54, 1.807) is 0 Å². The number of fused-ring (bicyclic) bond motifs is 10. The first-order chi connectivity index (χ1) is 23.1. The number of hydrogen-bond donors (Lipinski definition) is 0. The Balaban J connectivity index is 1.21. The predicted molar refractivity (Wildman–Crippen MR) is 198 cm³/mol. The van der Waals surface area contributed by atoms with Gasteiger partial charge in [-0.1, -0.05) is 129 Å². The van der Waals surface area contributed by atoms with Crippen LogP contribution < -0.4 is 0 Å². The fourth-order valence-corrected chi connectivity index (χ4v) is 8.30. The molecule has 0 spiro atoms. The maximum Gasteiger partial charge on any atom is 0.0810 e. The Morgan fingerprint density at radius 2 is 1.06 bits per heavy atom. The Labute approximate surface area is 273 Å². The van der Waals surface area contributed by atoms with E-state index in [9.17, 15) is 0 Å². The van der Waals surface area contributed by atoms with Crippen molar-refractivity contribution in [2.75, 3.05) is 0 Å². The normalized spacial score (nSPS) is 13.5. The predicted octanol–water partition coefficient (Wildman–Crippen LogP) is 11.9. The molecule has 9 aromatic rings. The standard InChI is InChI=1S/C45H32N2/c1-45(2)38-18-10-8-16-35(38)36-26-22-31(28-39(36)45)29-20-24-33(25-21-29)47-41-27-23-30-12-6-7-15-34(30)42(41)44-43(47)37-17-9-11-19-40(37)46(44)32-13-4-3-5-14-32/h3-28H,1-2H3. The van der Waals surface area contributed by atoms with Crippen LogP contribution in [0.1, 0.15) is 25.0 Å². The summed E-state index contributed by atoms with van der Waals surface area (Å²) < 4.78 is 4.93. The van der Waals surface area contributed by atoms with Gasteiger partial charge in [0.05, 0.1) is 22.1 Å². The Morgan fingerprint density at radius 1 is 0.426 bits per heavy atom. The van der Waals surface area contributed by atoms with Gasteiger partial charge in [0.1, 0.15) is 0 Å². The third-order valence-electron chi connectivity index (χ3n) is 10.5. The molecule has 2 nitrogen and oxygen atoms in total. The van der Waals surface area contributed by atoms with Gasteiger partial charge >= 0.3 is 0 Å². The summed E-state index contributed by atoms with van der Waals surface area (Å²) in [6.07, 6.45) is 0. The third kappa shape index (κ3) is 3.61. The largest absolute Gasteiger partial charge is 0.307 e. The van der Waals surface area contributed by atoms with Crippen LogP contribution in [-0.4, -0.2) is 9.13 Å². The molecule has 2 heterocycles. The van der Waals surface area contributed by atoms with E-state index < -0.39 is 0 Å². The molecule has 0 atom stereocenters. The average molecular weight is 601 g/mol. The highest BCUT2D eigenvalue weighted by molar-refractivity contribution is 6.26. The molecule has 7 aromatic carbocycles. The zero-order chi connectivity index (χ0) is 31.3. The second-order valence-corrected chi connectivity index (χ2v) is 13.4. The monoisotopic (exact) mass is 600 g/mol. The lowest BCUT2D eigenvalue weighted by Crippen LogP contribution is -2.14. The highest BCUT2D eigenvalue weighted by Crippen LogP contribution is 2.49. The number of nitrogens with zero attached hydrogens (tertiary/aromatic N) is 2. The Kier molecular flexibility index (Phi) is 5.37. The van der Waals surface area contributed by atoms with Gasteiger partial charge in [-0.25, -0.2) is 0 Å². The van der Waals surface area contributed by atoms with Crippen LogP contribution >= 0.6 is 0 Å². The molecule has 0 saturated heterocycles. The van der Waals surface area contributed by atoms with Crippen molar-refractivity contribution in [1.29, 1.82) is 0 Å². The van der Waals surface area contributed by atoms with Gasteiger partial charge in [-0.15, -0.1) is 0 Å². The van der Waals surface area contributed by atoms with Crippen molar-refractivity contribution >= 4 is 43.6 Å². The van der Waals surface area contributed by atoms with Crippen LogP contribution in [0.3, 0.4) is 0 Å². The Bertz CT molecular complexity index is 2680. The minimum Gasteiger partial charge on any atom is -0.307 e. The Hall–Kier alpha value is -5.86. The minimum absolute atomic E-state index is 0.0206. The molecule has 0 bridgehead atoms. The summed E-state index contributed by atoms with van der Waals surface area (Å²) in [5, 5.41) is 5.05. The number of rotatable bonds is 3. The second kappa shape index (κ2) is 9.57. The smallest absolute Gasteiger partial charge is 0.0810 e. The highest BCUT2D eigenvalue weighted by atomic mass is 15.1. The van der Waals surface area contributed by atoms with Gasteiger partial charge in [0.25, 0.3) is 0 Å². The molecule has 0 saturated carbocycles. The van der Waals surface area contributed by atoms with E-state index in [2.05, 4.69) is 181 Å². The van der Waals surface area contributed by atoms with Gasteiger partial charge < -0.3 is 9.13 Å². The molecule has 0 radical (unpaired) electrons. The lowest BCUT2D eigenvalue weighted by molar-refractivity contribution is 0.660. The van der Waals surface area contributed by atoms with Gasteiger partial charge in [0.2, 0.25) is 0 Å². The van der Waals surface area contributed by atoms with E-state index in [4.69, 9.17) is 0 Å². The van der Waals surface area contributed by atoms with Crippen molar-refractivity contribution < 1.29 is 0 Å². The van der Waals surface area contributed by atoms with E-state index in [0.717, 1.165) is 5.69 Å². The first-order valence-electron chi connectivity index (χ1n) is 16.5. The number of benzene rings is 7. The van der Waals surface area contributed by atoms with Crippen LogP contribution in [0.15, 0.2) is 158 Å². The maximum absolute atomic E-state index is 2.48. The van der Waals surface area contributed by atoms with Gasteiger partial charge in [-0.2, -0.15) is 0 Å². The molecule has 0 amide bonds. The van der Waals surface area contributed by atoms with Crippen LogP contribution in [0, 0.1) is 0 Å². The third-order valence-corrected chi connectivity index (χ3v) is 10.5. The molecule has 10 rings (SSSR count). The van der Waals surface area contributed by atoms with Gasteiger partial charge in [-0.05, 0) is 86.6 Å². The molecule has 0 N–H and O–H groups in total. The number of hydrogen-bond acceptors (Lipinski definition) is 0. The molecular formula is C45H32N2. The lowest BCUT2D eigenvalue weighted by Gasteiger charge is -2.22. The SMILES string of the molecule is CC1(C)c2ccccc2-c2ccc(-c3ccc(-n4c5ccc6ccccc6c5c5c4c4ccccc4n5-c4ccccc4)cc3)cc21. The van der Waals surface area contributed by atoms with Crippen molar-refractivity contribution in [3.63, 3.8) is 0 Å². The van der Waals surface area contributed by atoms with Crippen LogP contribution in [0.2, 0.25) is 0 Å². The number of para-hydroxylation sites is 2. The first-order valence-corrected chi connectivity index (χ1v) is 16.5. The average Bonchev–Trinajstić information content (AvgIpc) is 3.72. The van der Waals surface area contributed by atoms with Crippen molar-refractivity contribution in [2.45, 2.75) is 19.3 Å². The molecule has 0 aliphatic heterocycles. The molecule has 2 aromatic heterocycles. The zero-order valence-electron chi connectivity index (χ0n) is 26.4. The van der Waals surface area contributed by atoms with Gasteiger partial charge in [0, 0.05) is 27.6 Å². The maximum atomic E-state index is 2.48. The quantitative estimate of drug-likeness (QED) is 0.191. The molecule has 2 heteroatoms. The summed E-state index contributed by atoms with van der Waals surface area (Å²) in [6, 6.07) is 58.0. The molecule has 1 aliphatic carbocycles. The fourth-order valence-electron chi connectivity index (χ4n) is 8.30. The molecular weight excluding hydrogens is 569 g/mol. The van der Waals surface area contributed by atoms with Crippen LogP contribution in [0.25, 0.3) is 77.2 Å². The van der Waals surface area contributed by atoms with E-state index in [0.29, 0.717) is 0 Å². The van der Waals surface area contributed by atoms with Crippen LogP contribution in [0.4, 0.5) is 0 Å². The zero-order valence-corrected chi connectivity index (χ0v) is 26.4. The van der Waals surface area contributed by atoms with E-state index in [1.165, 1.54) is 82.7 Å². The van der Waals surface area contributed by atoms with E-state index in [1.807, 2.05) is 0 Å². The van der Waals surface area contributed by atoms with Crippen LogP contribution in [-0.2, 0) is 5.41 Å². The van der Waals surface area contributed by atoms with E-state index >= 15 is 0 Å². The summed E-state index contributed by atoms with van der Waals surface area (Å²) in [6.45, 7) is 4.70. The molecule has 0 unspecified atom stereocenters. The fraction of sp³-hybridized carbons (Fsp3) is 0.0667. The topological polar surface area (TPSA) is 9.86 Å². The second-order valence-electron chi connectivity index (χ2n) is 13.4. The van der Waals surface area contributed by atoms with Gasteiger partial charge in [0.15, 0.2) is 0 Å². The highest BCUT2D eigenvalue weighted by Gasteiger charge is 2.35. The number of aromatic nitrogens is 2. The van der Waals surface area contributed by atoms with Crippen molar-refractivity contribution in [2.24, 2.45) is 0 Å². The first kappa shape index (κ1) is 26.4. The summed E-state index contributed by atoms with van der Waals surface area (Å²) in [5.74, 6) is 0. The summed E-state index contributed by atoms with van der Waals surface area (Å²) in [4.78, 5) is 0. The summed E-state index contributed by atoms with van der Waals surface area (Å²) >= 11 is 0. The molecule has 222 valence electrons. The molecule has 1 aliphatic rings.